The zero-order valence-corrected chi connectivity index (χ0v) is 45.7. The summed E-state index contributed by atoms with van der Waals surface area (Å²) in [7, 11) is 0. The lowest BCUT2D eigenvalue weighted by atomic mass is 9.66. The summed E-state index contributed by atoms with van der Waals surface area (Å²) in [5.74, 6) is 3.49. The third-order valence-electron chi connectivity index (χ3n) is 19.1. The number of nitrogens with zero attached hydrogens (tertiary/aromatic N) is 1. The van der Waals surface area contributed by atoms with Gasteiger partial charge in [-0.2, -0.15) is 0 Å². The van der Waals surface area contributed by atoms with E-state index in [1.165, 1.54) is 83.5 Å². The van der Waals surface area contributed by atoms with Gasteiger partial charge >= 0.3 is 0 Å². The van der Waals surface area contributed by atoms with Crippen molar-refractivity contribution in [2.24, 2.45) is 0 Å². The molecule has 2 heterocycles. The second-order valence-electron chi connectivity index (χ2n) is 22.9. The van der Waals surface area contributed by atoms with Crippen molar-refractivity contribution in [3.05, 3.63) is 376 Å². The van der Waals surface area contributed by atoms with Crippen LogP contribution < -0.4 is 14.4 Å². The molecule has 0 amide bonds. The van der Waals surface area contributed by atoms with Gasteiger partial charge in [-0.25, -0.2) is 0 Å². The Morgan fingerprint density at radius 1 is 0.202 bits per heavy atom. The molecule has 0 bridgehead atoms. The molecule has 0 radical (unpaired) electrons. The molecule has 0 unspecified atom stereocenters. The van der Waals surface area contributed by atoms with Crippen LogP contribution in [0.4, 0.5) is 17.1 Å². The van der Waals surface area contributed by atoms with Crippen molar-refractivity contribution in [1.82, 2.24) is 0 Å². The predicted octanol–water partition coefficient (Wildman–Crippen LogP) is 20.1. The maximum absolute atomic E-state index is 6.81. The van der Waals surface area contributed by atoms with E-state index in [4.69, 9.17) is 9.47 Å². The summed E-state index contributed by atoms with van der Waals surface area (Å²) >= 11 is 0. The average molecular weight is 1070 g/mol. The van der Waals surface area contributed by atoms with Crippen molar-refractivity contribution in [3.8, 4) is 67.5 Å². The molecule has 0 fully saturated rings. The van der Waals surface area contributed by atoms with E-state index in [-0.39, 0.29) is 0 Å². The summed E-state index contributed by atoms with van der Waals surface area (Å²) in [4.78, 5) is 2.49. The van der Waals surface area contributed by atoms with Gasteiger partial charge in [0.15, 0.2) is 0 Å². The minimum atomic E-state index is -0.649. The van der Waals surface area contributed by atoms with Crippen LogP contribution in [0.5, 0.6) is 23.0 Å². The number of para-hydroxylation sites is 4. The minimum Gasteiger partial charge on any atom is -0.457 e. The molecule has 0 atom stereocenters. The standard InChI is InChI=1S/C81H51NO2/c1-3-21-54(22-4-1)79(55-23-5-2-6-24-55)65-28-10-7-25-59(65)62-46-41-53(49-72(62)79)52-39-42-56(43-40-52)82(57-44-47-63-60-26-8-11-29-66(60)80(73(63)50-57)68-31-13-17-35-75(68)83-76-36-18-14-32-69(76)80)58-45-48-64-61-27-9-12-30-67(61)81(74(64)51-58)70-33-15-19-37-77(70)84-78-38-20-16-34-71(78)81/h1-51H. The van der Waals surface area contributed by atoms with Crippen LogP contribution in [0.1, 0.15) is 66.8 Å². The Morgan fingerprint density at radius 2 is 0.500 bits per heavy atom. The second-order valence-corrected chi connectivity index (χ2v) is 22.9. The number of benzene rings is 13. The van der Waals surface area contributed by atoms with E-state index in [9.17, 15) is 0 Å². The molecule has 3 nitrogen and oxygen atoms in total. The van der Waals surface area contributed by atoms with E-state index in [2.05, 4.69) is 314 Å². The van der Waals surface area contributed by atoms with Crippen LogP contribution in [0.3, 0.4) is 0 Å². The van der Waals surface area contributed by atoms with E-state index in [0.29, 0.717) is 0 Å². The summed E-state index contributed by atoms with van der Waals surface area (Å²) < 4.78 is 13.6. The molecular weight excluding hydrogens is 1020 g/mol. The second kappa shape index (κ2) is 17.6. The van der Waals surface area contributed by atoms with Gasteiger partial charge in [0.1, 0.15) is 23.0 Å². The van der Waals surface area contributed by atoms with E-state index in [1.807, 2.05) is 0 Å². The smallest absolute Gasteiger partial charge is 0.132 e. The first-order valence-electron chi connectivity index (χ1n) is 29.1. The molecule has 3 aliphatic carbocycles. The van der Waals surface area contributed by atoms with Crippen LogP contribution in [-0.4, -0.2) is 0 Å². The molecule has 0 saturated heterocycles. The molecular formula is C81H51NO2. The highest BCUT2D eigenvalue weighted by Gasteiger charge is 2.53. The van der Waals surface area contributed by atoms with Gasteiger partial charge in [0.05, 0.1) is 16.2 Å². The van der Waals surface area contributed by atoms with Crippen molar-refractivity contribution in [2.75, 3.05) is 4.90 Å². The number of fused-ring (bicyclic) bond motifs is 21. The zero-order chi connectivity index (χ0) is 55.1. The Kier molecular flexibility index (Phi) is 9.86. The maximum atomic E-state index is 6.81. The fourth-order valence-electron chi connectivity index (χ4n) is 15.8. The molecule has 2 aliphatic heterocycles. The van der Waals surface area contributed by atoms with Crippen molar-refractivity contribution in [3.63, 3.8) is 0 Å². The van der Waals surface area contributed by atoms with Crippen LogP contribution in [0.15, 0.2) is 309 Å². The number of anilines is 3. The van der Waals surface area contributed by atoms with Gasteiger partial charge in [0.25, 0.3) is 0 Å². The molecule has 18 rings (SSSR count). The monoisotopic (exact) mass is 1070 g/mol. The lowest BCUT2D eigenvalue weighted by Crippen LogP contribution is -2.32. The molecule has 3 heteroatoms. The van der Waals surface area contributed by atoms with E-state index in [0.717, 1.165) is 67.9 Å². The highest BCUT2D eigenvalue weighted by molar-refractivity contribution is 5.95. The molecule has 84 heavy (non-hydrogen) atoms. The third kappa shape index (κ3) is 6.15. The Balaban J connectivity index is 0.862. The van der Waals surface area contributed by atoms with Crippen LogP contribution >= 0.6 is 0 Å². The van der Waals surface area contributed by atoms with Gasteiger partial charge < -0.3 is 14.4 Å². The molecule has 0 N–H and O–H groups in total. The fourth-order valence-corrected chi connectivity index (χ4v) is 15.8. The van der Waals surface area contributed by atoms with Gasteiger partial charge in [-0.15, -0.1) is 0 Å². The fraction of sp³-hybridized carbons (Fsp3) is 0.0370. The van der Waals surface area contributed by atoms with Gasteiger partial charge in [-0.3, -0.25) is 0 Å². The molecule has 0 saturated carbocycles. The van der Waals surface area contributed by atoms with Crippen molar-refractivity contribution >= 4 is 17.1 Å². The minimum absolute atomic E-state index is 0.507. The van der Waals surface area contributed by atoms with Crippen LogP contribution in [0.2, 0.25) is 0 Å². The van der Waals surface area contributed by atoms with E-state index < -0.39 is 16.2 Å². The predicted molar refractivity (Wildman–Crippen MR) is 339 cm³/mol. The summed E-state index contributed by atoms with van der Waals surface area (Å²) in [6.07, 6.45) is 0. The number of hydrogen-bond donors (Lipinski definition) is 0. The Hall–Kier alpha value is -10.7. The number of ether oxygens (including phenoxy) is 2. The van der Waals surface area contributed by atoms with Crippen molar-refractivity contribution in [1.29, 1.82) is 0 Å². The molecule has 2 spiro atoms. The van der Waals surface area contributed by atoms with Crippen molar-refractivity contribution in [2.45, 2.75) is 16.2 Å². The van der Waals surface area contributed by atoms with E-state index in [1.54, 1.807) is 0 Å². The molecule has 5 aliphatic rings. The normalized spacial score (nSPS) is 14.7. The van der Waals surface area contributed by atoms with E-state index >= 15 is 0 Å². The summed E-state index contributed by atoms with van der Waals surface area (Å²) in [6.45, 7) is 0. The molecule has 392 valence electrons. The SMILES string of the molecule is c1ccc(C2(c3ccccc3)c3ccccc3-c3ccc(-c4ccc(N(c5ccc6c(c5)C5(c7ccccc7Oc7ccccc75)c5ccccc5-6)c5ccc6c(c5)C5(c7ccccc7Oc7ccccc75)c5ccccc5-6)cc4)cc32)cc1. The molecule has 13 aromatic rings. The first kappa shape index (κ1) is 47.0. The largest absolute Gasteiger partial charge is 0.457 e. The molecule has 0 aromatic heterocycles. The van der Waals surface area contributed by atoms with Gasteiger partial charge in [0, 0.05) is 39.3 Å². The number of hydrogen-bond acceptors (Lipinski definition) is 3. The lowest BCUT2D eigenvalue weighted by Gasteiger charge is -2.40. The summed E-state index contributed by atoms with van der Waals surface area (Å²) in [5.41, 5.74) is 25.7. The maximum Gasteiger partial charge on any atom is 0.132 e. The van der Waals surface area contributed by atoms with Crippen LogP contribution in [-0.2, 0) is 16.2 Å². The quantitative estimate of drug-likeness (QED) is 0.166. The lowest BCUT2D eigenvalue weighted by molar-refractivity contribution is 0.436. The highest BCUT2D eigenvalue weighted by atomic mass is 16.5. The Labute approximate surface area is 488 Å². The molecule has 13 aromatic carbocycles. The average Bonchev–Trinajstić information content (AvgIpc) is 1.55. The Morgan fingerprint density at radius 3 is 0.917 bits per heavy atom. The van der Waals surface area contributed by atoms with Crippen LogP contribution in [0.25, 0.3) is 44.5 Å². The first-order chi connectivity index (χ1) is 41.6. The first-order valence-corrected chi connectivity index (χ1v) is 29.1. The van der Waals surface area contributed by atoms with Gasteiger partial charge in [-0.1, -0.05) is 243 Å². The Bertz CT molecular complexity index is 4540. The zero-order valence-electron chi connectivity index (χ0n) is 45.7. The van der Waals surface area contributed by atoms with Gasteiger partial charge in [0.2, 0.25) is 0 Å². The number of rotatable bonds is 6. The summed E-state index contributed by atoms with van der Waals surface area (Å²) in [6, 6.07) is 114. The third-order valence-corrected chi connectivity index (χ3v) is 19.1. The van der Waals surface area contributed by atoms with Crippen molar-refractivity contribution < 1.29 is 9.47 Å². The van der Waals surface area contributed by atoms with Gasteiger partial charge in [-0.05, 0) is 156 Å². The summed E-state index contributed by atoms with van der Waals surface area (Å²) in [5, 5.41) is 0. The highest BCUT2D eigenvalue weighted by Crippen LogP contribution is 2.65. The van der Waals surface area contributed by atoms with Crippen LogP contribution in [0, 0.1) is 0 Å². The topological polar surface area (TPSA) is 21.7 Å².